The van der Waals surface area contributed by atoms with Gasteiger partial charge in [-0.1, -0.05) is 5.16 Å². The topological polar surface area (TPSA) is 64.1 Å². The van der Waals surface area contributed by atoms with Gasteiger partial charge in [0.05, 0.1) is 24.3 Å². The Morgan fingerprint density at radius 1 is 1.05 bits per heavy atom. The number of oxime groups is 1. The van der Waals surface area contributed by atoms with E-state index in [1.165, 1.54) is 6.21 Å². The van der Waals surface area contributed by atoms with Crippen molar-refractivity contribution >= 4 is 6.21 Å². The van der Waals surface area contributed by atoms with Crippen LogP contribution in [0, 0.1) is 11.3 Å². The van der Waals surface area contributed by atoms with Crippen LogP contribution in [0.2, 0.25) is 0 Å². The molecule has 0 aliphatic carbocycles. The van der Waals surface area contributed by atoms with Crippen molar-refractivity contribution in [2.24, 2.45) is 5.16 Å². The van der Waals surface area contributed by atoms with Gasteiger partial charge < -0.3 is 5.21 Å². The minimum atomic E-state index is 0.678. The van der Waals surface area contributed by atoms with E-state index < -0.39 is 0 Å². The number of nitriles is 1. The molecule has 0 aromatic carbocycles. The highest BCUT2D eigenvalue weighted by atomic mass is 16.4. The second kappa shape index (κ2) is 7.00. The Bertz CT molecular complexity index is 612. The van der Waals surface area contributed by atoms with Gasteiger partial charge in [-0.25, -0.2) is 9.13 Å². The van der Waals surface area contributed by atoms with Gasteiger partial charge in [0.25, 0.3) is 0 Å². The zero-order valence-electron chi connectivity index (χ0n) is 11.1. The predicted molar refractivity (Wildman–Crippen MR) is 72.0 cm³/mol. The van der Waals surface area contributed by atoms with Crippen molar-refractivity contribution in [1.29, 1.82) is 5.26 Å². The molecule has 1 N–H and O–H groups in total. The smallest absolute Gasteiger partial charge is 0.170 e. The van der Waals surface area contributed by atoms with Gasteiger partial charge in [0.2, 0.25) is 0 Å². The molecule has 0 unspecified atom stereocenters. The molecule has 0 radical (unpaired) electrons. The van der Waals surface area contributed by atoms with E-state index in [1.807, 2.05) is 49.1 Å². The average Bonchev–Trinajstić information content (AvgIpc) is 2.50. The zero-order valence-corrected chi connectivity index (χ0v) is 11.1. The molecule has 2 heterocycles. The van der Waals surface area contributed by atoms with Crippen LogP contribution in [0.4, 0.5) is 0 Å². The summed E-state index contributed by atoms with van der Waals surface area (Å²) in [4.78, 5) is 0. The number of aromatic nitrogens is 2. The summed E-state index contributed by atoms with van der Waals surface area (Å²) < 4.78 is 4.15. The number of aryl methyl sites for hydroxylation is 2. The van der Waals surface area contributed by atoms with E-state index in [1.54, 1.807) is 0 Å². The van der Waals surface area contributed by atoms with E-state index in [2.05, 4.69) is 20.4 Å². The highest BCUT2D eigenvalue weighted by Crippen LogP contribution is 1.93. The van der Waals surface area contributed by atoms with Gasteiger partial charge in [-0.15, -0.1) is 0 Å². The van der Waals surface area contributed by atoms with E-state index in [9.17, 15) is 0 Å². The fraction of sp³-hybridized carbons (Fsp3) is 0.200. The van der Waals surface area contributed by atoms with Crippen molar-refractivity contribution < 1.29 is 14.3 Å². The maximum Gasteiger partial charge on any atom is 0.170 e. The summed E-state index contributed by atoms with van der Waals surface area (Å²) in [7, 11) is 0. The molecule has 2 rings (SSSR count). The van der Waals surface area contributed by atoms with Crippen LogP contribution in [0.25, 0.3) is 0 Å². The van der Waals surface area contributed by atoms with Crippen LogP contribution >= 0.6 is 0 Å². The Hall–Kier alpha value is -2.74. The van der Waals surface area contributed by atoms with Gasteiger partial charge in [0.15, 0.2) is 37.9 Å². The quantitative estimate of drug-likeness (QED) is 0.381. The Labute approximate surface area is 117 Å². The van der Waals surface area contributed by atoms with Crippen molar-refractivity contribution in [2.45, 2.75) is 19.5 Å². The molecule has 0 fully saturated rings. The van der Waals surface area contributed by atoms with E-state index >= 15 is 0 Å². The number of pyridine rings is 2. The number of hydrogen-bond donors (Lipinski definition) is 1. The molecule has 0 saturated heterocycles. The third-order valence-electron chi connectivity index (χ3n) is 2.98. The maximum absolute atomic E-state index is 8.73. The highest BCUT2D eigenvalue weighted by Gasteiger charge is 2.04. The second-order valence-electron chi connectivity index (χ2n) is 4.40. The first-order valence-electron chi connectivity index (χ1n) is 6.37. The molecular weight excluding hydrogens is 252 g/mol. The van der Waals surface area contributed by atoms with E-state index in [0.29, 0.717) is 5.56 Å². The SMILES string of the molecule is N#Cc1cc[n+](CCC[n+]2ccc(/C=N/O)cc2)cc1. The van der Waals surface area contributed by atoms with Gasteiger partial charge in [0.1, 0.15) is 0 Å². The van der Waals surface area contributed by atoms with Crippen molar-refractivity contribution in [3.05, 3.63) is 60.2 Å². The van der Waals surface area contributed by atoms with Crippen molar-refractivity contribution in [2.75, 3.05) is 0 Å². The number of nitrogens with zero attached hydrogens (tertiary/aromatic N) is 4. The molecule has 2 aromatic heterocycles. The normalized spacial score (nSPS) is 10.6. The monoisotopic (exact) mass is 268 g/mol. The summed E-state index contributed by atoms with van der Waals surface area (Å²) in [6, 6.07) is 9.53. The van der Waals surface area contributed by atoms with Gasteiger partial charge in [-0.3, -0.25) is 0 Å². The van der Waals surface area contributed by atoms with E-state index in [-0.39, 0.29) is 0 Å². The van der Waals surface area contributed by atoms with Crippen LogP contribution in [-0.4, -0.2) is 11.4 Å². The zero-order chi connectivity index (χ0) is 14.2. The third-order valence-corrected chi connectivity index (χ3v) is 2.98. The Balaban J connectivity index is 1.84. The molecule has 20 heavy (non-hydrogen) atoms. The molecule has 0 aliphatic heterocycles. The van der Waals surface area contributed by atoms with Crippen molar-refractivity contribution in [3.8, 4) is 6.07 Å². The first-order chi connectivity index (χ1) is 9.81. The van der Waals surface area contributed by atoms with Crippen LogP contribution in [0.3, 0.4) is 0 Å². The third kappa shape index (κ3) is 3.89. The standard InChI is InChI=1S/C15H15N4O/c16-12-14-2-8-18(9-3-14)6-1-7-19-10-4-15(5-11-19)13-17-20/h2-5,8-11,13H,1,6-7H2/q+1/p+1. The molecule has 0 spiro atoms. The van der Waals surface area contributed by atoms with Crippen LogP contribution in [0.1, 0.15) is 17.5 Å². The van der Waals surface area contributed by atoms with Crippen LogP contribution in [-0.2, 0) is 13.1 Å². The molecule has 5 nitrogen and oxygen atoms in total. The molecule has 0 saturated carbocycles. The number of hydrogen-bond acceptors (Lipinski definition) is 3. The molecule has 5 heteroatoms. The van der Waals surface area contributed by atoms with Crippen LogP contribution in [0.5, 0.6) is 0 Å². The summed E-state index contributed by atoms with van der Waals surface area (Å²) in [6.45, 7) is 1.81. The molecule has 0 amide bonds. The first kappa shape index (κ1) is 13.7. The summed E-state index contributed by atoms with van der Waals surface area (Å²) in [5.74, 6) is 0. The minimum Gasteiger partial charge on any atom is -0.411 e. The lowest BCUT2D eigenvalue weighted by Gasteiger charge is -1.97. The van der Waals surface area contributed by atoms with Crippen molar-refractivity contribution in [1.82, 2.24) is 0 Å². The summed E-state index contributed by atoms with van der Waals surface area (Å²) >= 11 is 0. The lowest BCUT2D eigenvalue weighted by atomic mass is 10.3. The second-order valence-corrected chi connectivity index (χ2v) is 4.40. The summed E-state index contributed by atoms with van der Waals surface area (Å²) in [5.41, 5.74) is 1.54. The lowest BCUT2D eigenvalue weighted by Crippen LogP contribution is -2.38. The minimum absolute atomic E-state index is 0.678. The molecular formula is C15H16N4O+2. The largest absolute Gasteiger partial charge is 0.411 e. The lowest BCUT2D eigenvalue weighted by molar-refractivity contribution is -0.726. The Morgan fingerprint density at radius 2 is 1.60 bits per heavy atom. The Kier molecular flexibility index (Phi) is 4.79. The summed E-state index contributed by atoms with van der Waals surface area (Å²) in [5, 5.41) is 20.2. The fourth-order valence-corrected chi connectivity index (χ4v) is 1.89. The first-order valence-corrected chi connectivity index (χ1v) is 6.37. The summed E-state index contributed by atoms with van der Waals surface area (Å²) in [6.07, 6.45) is 10.2. The van der Waals surface area contributed by atoms with Gasteiger partial charge in [-0.2, -0.15) is 5.26 Å². The van der Waals surface area contributed by atoms with Crippen LogP contribution in [0.15, 0.2) is 54.2 Å². The molecule has 100 valence electrons. The van der Waals surface area contributed by atoms with E-state index in [4.69, 9.17) is 10.5 Å². The predicted octanol–water partition coefficient (Wildman–Crippen LogP) is 1.03. The highest BCUT2D eigenvalue weighted by molar-refractivity contribution is 5.78. The maximum atomic E-state index is 8.73. The number of rotatable bonds is 5. The Morgan fingerprint density at radius 3 is 2.10 bits per heavy atom. The molecule has 0 aliphatic rings. The van der Waals surface area contributed by atoms with Crippen LogP contribution < -0.4 is 9.13 Å². The van der Waals surface area contributed by atoms with E-state index in [0.717, 1.165) is 25.1 Å². The molecule has 0 bridgehead atoms. The molecule has 0 atom stereocenters. The van der Waals surface area contributed by atoms with Gasteiger partial charge >= 0.3 is 0 Å². The van der Waals surface area contributed by atoms with Crippen molar-refractivity contribution in [3.63, 3.8) is 0 Å². The fourth-order valence-electron chi connectivity index (χ4n) is 1.89. The average molecular weight is 268 g/mol. The molecule has 2 aromatic rings. The van der Waals surface area contributed by atoms with Gasteiger partial charge in [0, 0.05) is 29.8 Å². The van der Waals surface area contributed by atoms with Gasteiger partial charge in [-0.05, 0) is 0 Å².